The first kappa shape index (κ1) is 18.0. The molecule has 0 saturated carbocycles. The van der Waals surface area contributed by atoms with Crippen molar-refractivity contribution in [3.8, 4) is 17.1 Å². The second-order valence-electron chi connectivity index (χ2n) is 6.54. The highest BCUT2D eigenvalue weighted by Crippen LogP contribution is 2.31. The van der Waals surface area contributed by atoms with Crippen molar-refractivity contribution in [3.63, 3.8) is 0 Å². The molecular weight excluding hydrogens is 354 g/mol. The van der Waals surface area contributed by atoms with Gasteiger partial charge in [0.25, 0.3) is 0 Å². The molecule has 0 unspecified atom stereocenters. The first-order valence-corrected chi connectivity index (χ1v) is 9.34. The number of hydrogen-bond acceptors (Lipinski definition) is 4. The molecule has 0 aliphatic carbocycles. The lowest BCUT2D eigenvalue weighted by Gasteiger charge is -2.17. The van der Waals surface area contributed by atoms with Gasteiger partial charge >= 0.3 is 0 Å². The average molecular weight is 374 g/mol. The summed E-state index contributed by atoms with van der Waals surface area (Å²) in [4.78, 5) is 0. The van der Waals surface area contributed by atoms with Crippen molar-refractivity contribution >= 4 is 23.4 Å². The summed E-state index contributed by atoms with van der Waals surface area (Å²) < 4.78 is 2.04. The lowest BCUT2D eigenvalue weighted by molar-refractivity contribution is 0.107. The van der Waals surface area contributed by atoms with E-state index in [4.69, 9.17) is 11.6 Å². The van der Waals surface area contributed by atoms with E-state index in [9.17, 15) is 5.11 Å². The maximum absolute atomic E-state index is 10.1. The van der Waals surface area contributed by atoms with Crippen molar-refractivity contribution in [3.05, 3.63) is 59.1 Å². The first-order chi connectivity index (χ1) is 11.8. The molecule has 1 heterocycles. The minimum absolute atomic E-state index is 0.525. The summed E-state index contributed by atoms with van der Waals surface area (Å²) in [5.74, 6) is 1.28. The summed E-state index contributed by atoms with van der Waals surface area (Å²) in [5.41, 5.74) is 2.31. The van der Waals surface area contributed by atoms with Crippen molar-refractivity contribution in [2.24, 2.45) is 0 Å². The van der Waals surface area contributed by atoms with Crippen LogP contribution in [0.15, 0.2) is 53.7 Å². The Labute approximate surface area is 156 Å². The van der Waals surface area contributed by atoms with Gasteiger partial charge in [0.05, 0.1) is 11.3 Å². The number of aromatic nitrogens is 3. The molecule has 25 heavy (non-hydrogen) atoms. The topological polar surface area (TPSA) is 50.9 Å². The van der Waals surface area contributed by atoms with Gasteiger partial charge in [-0.25, -0.2) is 0 Å². The van der Waals surface area contributed by atoms with Crippen LogP contribution >= 0.6 is 23.4 Å². The predicted octanol–water partition coefficient (Wildman–Crippen LogP) is 4.76. The van der Waals surface area contributed by atoms with Gasteiger partial charge in [-0.05, 0) is 56.7 Å². The number of para-hydroxylation sites is 1. The Bertz CT molecular complexity index is 869. The smallest absolute Gasteiger partial charge is 0.196 e. The molecule has 0 bridgehead atoms. The molecule has 0 aliphatic heterocycles. The van der Waals surface area contributed by atoms with E-state index in [0.717, 1.165) is 27.8 Å². The van der Waals surface area contributed by atoms with Gasteiger partial charge < -0.3 is 5.11 Å². The fourth-order valence-corrected chi connectivity index (χ4v) is 3.44. The third-order valence-electron chi connectivity index (χ3n) is 3.65. The van der Waals surface area contributed by atoms with Gasteiger partial charge in [-0.1, -0.05) is 41.6 Å². The van der Waals surface area contributed by atoms with E-state index in [0.29, 0.717) is 10.8 Å². The Kier molecular flexibility index (Phi) is 5.18. The number of halogens is 1. The molecule has 0 atom stereocenters. The molecule has 1 N–H and O–H groups in total. The van der Waals surface area contributed by atoms with Gasteiger partial charge in [-0.3, -0.25) is 4.57 Å². The van der Waals surface area contributed by atoms with Crippen LogP contribution in [0.5, 0.6) is 0 Å². The van der Waals surface area contributed by atoms with Gasteiger partial charge in [-0.15, -0.1) is 10.2 Å². The normalized spacial score (nSPS) is 11.7. The van der Waals surface area contributed by atoms with E-state index >= 15 is 0 Å². The zero-order valence-corrected chi connectivity index (χ0v) is 16.0. The van der Waals surface area contributed by atoms with Gasteiger partial charge in [0.15, 0.2) is 11.0 Å². The predicted molar refractivity (Wildman–Crippen MR) is 104 cm³/mol. The quantitative estimate of drug-likeness (QED) is 0.655. The molecule has 4 nitrogen and oxygen atoms in total. The van der Waals surface area contributed by atoms with Crippen LogP contribution in [-0.2, 0) is 0 Å². The number of nitrogens with zero attached hydrogens (tertiary/aromatic N) is 3. The van der Waals surface area contributed by atoms with E-state index in [1.165, 1.54) is 11.8 Å². The molecule has 3 rings (SSSR count). The highest BCUT2D eigenvalue weighted by atomic mass is 35.5. The molecule has 6 heteroatoms. The molecule has 3 aromatic rings. The van der Waals surface area contributed by atoms with Crippen LogP contribution in [0.2, 0.25) is 5.02 Å². The lowest BCUT2D eigenvalue weighted by atomic mass is 10.1. The average Bonchev–Trinajstić information content (AvgIpc) is 2.97. The summed E-state index contributed by atoms with van der Waals surface area (Å²) in [7, 11) is 0. The summed E-state index contributed by atoms with van der Waals surface area (Å²) in [5, 5.41) is 20.3. The molecule has 0 radical (unpaired) electrons. The minimum Gasteiger partial charge on any atom is -0.390 e. The third kappa shape index (κ3) is 4.24. The van der Waals surface area contributed by atoms with E-state index in [1.54, 1.807) is 13.8 Å². The van der Waals surface area contributed by atoms with E-state index in [-0.39, 0.29) is 0 Å². The van der Waals surface area contributed by atoms with Crippen LogP contribution in [-0.4, -0.2) is 31.2 Å². The van der Waals surface area contributed by atoms with Crippen LogP contribution in [0.4, 0.5) is 0 Å². The number of hydrogen-bond donors (Lipinski definition) is 1. The Balaban J connectivity index is 2.11. The first-order valence-electron chi connectivity index (χ1n) is 7.98. The van der Waals surface area contributed by atoms with Crippen LogP contribution < -0.4 is 0 Å². The Morgan fingerprint density at radius 3 is 2.40 bits per heavy atom. The molecular formula is C19H20ClN3OS. The molecule has 0 spiro atoms. The van der Waals surface area contributed by atoms with Crippen LogP contribution in [0.25, 0.3) is 17.1 Å². The lowest BCUT2D eigenvalue weighted by Crippen LogP contribution is -2.22. The van der Waals surface area contributed by atoms with Crippen LogP contribution in [0.3, 0.4) is 0 Å². The van der Waals surface area contributed by atoms with Crippen molar-refractivity contribution in [1.29, 1.82) is 0 Å². The Hall–Kier alpha value is -1.82. The second-order valence-corrected chi connectivity index (χ2v) is 7.92. The highest BCUT2D eigenvalue weighted by Gasteiger charge is 2.20. The molecule has 0 amide bonds. The molecule has 2 aromatic carbocycles. The maximum Gasteiger partial charge on any atom is 0.196 e. The van der Waals surface area contributed by atoms with Crippen molar-refractivity contribution in [1.82, 2.24) is 14.8 Å². The summed E-state index contributed by atoms with van der Waals surface area (Å²) in [6.07, 6.45) is 0. The largest absolute Gasteiger partial charge is 0.390 e. The van der Waals surface area contributed by atoms with E-state index in [1.807, 2.05) is 47.0 Å². The zero-order valence-electron chi connectivity index (χ0n) is 14.4. The van der Waals surface area contributed by atoms with Crippen LogP contribution in [0, 0.1) is 6.92 Å². The number of thioether (sulfide) groups is 1. The fraction of sp³-hybridized carbons (Fsp3) is 0.263. The van der Waals surface area contributed by atoms with Gasteiger partial charge in [0.1, 0.15) is 0 Å². The molecule has 1 aromatic heterocycles. The number of aliphatic hydroxyl groups is 1. The number of benzene rings is 2. The maximum atomic E-state index is 10.1. The minimum atomic E-state index is -0.784. The molecule has 0 fully saturated rings. The molecule has 0 aliphatic rings. The Morgan fingerprint density at radius 1 is 1.08 bits per heavy atom. The van der Waals surface area contributed by atoms with Gasteiger partial charge in [-0.2, -0.15) is 0 Å². The van der Waals surface area contributed by atoms with Crippen LogP contribution in [0.1, 0.15) is 19.4 Å². The fourth-order valence-electron chi connectivity index (χ4n) is 2.42. The second kappa shape index (κ2) is 7.20. The SMILES string of the molecule is Cc1ccccc1-n1c(SCC(C)(C)O)nnc1-c1ccc(Cl)cc1. The molecule has 0 saturated heterocycles. The number of aryl methyl sites for hydroxylation is 1. The van der Waals surface area contributed by atoms with E-state index in [2.05, 4.69) is 23.2 Å². The summed E-state index contributed by atoms with van der Waals surface area (Å²) >= 11 is 7.50. The zero-order chi connectivity index (χ0) is 18.0. The van der Waals surface area contributed by atoms with Gasteiger partial charge in [0.2, 0.25) is 0 Å². The number of rotatable bonds is 5. The van der Waals surface area contributed by atoms with Gasteiger partial charge in [0, 0.05) is 16.3 Å². The van der Waals surface area contributed by atoms with Crippen molar-refractivity contribution in [2.45, 2.75) is 31.5 Å². The summed E-state index contributed by atoms with van der Waals surface area (Å²) in [6.45, 7) is 5.63. The highest BCUT2D eigenvalue weighted by molar-refractivity contribution is 7.99. The van der Waals surface area contributed by atoms with Crippen molar-refractivity contribution < 1.29 is 5.11 Å². The van der Waals surface area contributed by atoms with E-state index < -0.39 is 5.60 Å². The Morgan fingerprint density at radius 2 is 1.76 bits per heavy atom. The monoisotopic (exact) mass is 373 g/mol. The molecule has 130 valence electrons. The third-order valence-corrected chi connectivity index (χ3v) is 5.27. The summed E-state index contributed by atoms with van der Waals surface area (Å²) in [6, 6.07) is 15.7. The van der Waals surface area contributed by atoms with Crippen molar-refractivity contribution in [2.75, 3.05) is 5.75 Å². The standard InChI is InChI=1S/C19H20ClN3OS/c1-13-6-4-5-7-16(13)23-17(14-8-10-15(20)11-9-14)21-22-18(23)25-12-19(2,3)24/h4-11,24H,12H2,1-3H3.